The maximum absolute atomic E-state index is 10.8. The molecule has 3 aromatic rings. The number of hydrogen-bond acceptors (Lipinski definition) is 5. The van der Waals surface area contributed by atoms with Crippen LogP contribution in [0.1, 0.15) is 26.5 Å². The number of anilines is 1. The van der Waals surface area contributed by atoms with Crippen LogP contribution in [-0.2, 0) is 0 Å². The molecule has 0 bridgehead atoms. The Balaban J connectivity index is 2.18. The van der Waals surface area contributed by atoms with E-state index in [9.17, 15) is 15.4 Å². The van der Waals surface area contributed by atoms with E-state index in [1.165, 1.54) is 12.1 Å². The Labute approximate surface area is 137 Å². The molecule has 8 nitrogen and oxygen atoms in total. The normalized spacial score (nSPS) is 11.4. The summed E-state index contributed by atoms with van der Waals surface area (Å²) in [6.45, 7) is 6.06. The minimum Gasteiger partial charge on any atom is -0.365 e. The minimum absolute atomic E-state index is 0.0293. The van der Waals surface area contributed by atoms with Gasteiger partial charge in [0.05, 0.1) is 10.6 Å². The van der Waals surface area contributed by atoms with Crippen LogP contribution in [0.2, 0.25) is 0 Å². The molecule has 2 aromatic heterocycles. The van der Waals surface area contributed by atoms with Crippen molar-refractivity contribution in [2.24, 2.45) is 0 Å². The van der Waals surface area contributed by atoms with Gasteiger partial charge in [-0.05, 0) is 32.9 Å². The first kappa shape index (κ1) is 15.6. The van der Waals surface area contributed by atoms with Gasteiger partial charge in [-0.3, -0.25) is 14.5 Å². The van der Waals surface area contributed by atoms with E-state index < -0.39 is 4.92 Å². The number of non-ortho nitro benzene ring substituents is 1. The number of nitro groups is 1. The van der Waals surface area contributed by atoms with Gasteiger partial charge in [-0.2, -0.15) is 5.26 Å². The second kappa shape index (κ2) is 5.38. The Hall–Kier alpha value is -3.34. The van der Waals surface area contributed by atoms with Crippen molar-refractivity contribution in [3.8, 4) is 17.3 Å². The van der Waals surface area contributed by atoms with Crippen LogP contribution in [0, 0.1) is 21.4 Å². The number of nitro benzene ring substituents is 1. The molecule has 0 aliphatic rings. The lowest BCUT2D eigenvalue weighted by Gasteiger charge is -2.22. The van der Waals surface area contributed by atoms with E-state index >= 15 is 0 Å². The van der Waals surface area contributed by atoms with E-state index in [4.69, 9.17) is 0 Å². The number of benzene rings is 1. The van der Waals surface area contributed by atoms with Crippen LogP contribution in [0.25, 0.3) is 16.9 Å². The first-order chi connectivity index (χ1) is 11.3. The average molecular weight is 324 g/mol. The Morgan fingerprint density at radius 1 is 1.33 bits per heavy atom. The van der Waals surface area contributed by atoms with Gasteiger partial charge in [-0.25, -0.2) is 4.98 Å². The Kier molecular flexibility index (Phi) is 3.49. The molecular formula is C16H16N6O2. The molecule has 0 aliphatic carbocycles. The number of nitrogens with zero attached hydrogens (tertiary/aromatic N) is 4. The molecule has 0 aliphatic heterocycles. The summed E-state index contributed by atoms with van der Waals surface area (Å²) in [5.41, 5.74) is 2.20. The number of imidazole rings is 2. The zero-order valence-corrected chi connectivity index (χ0v) is 13.5. The summed E-state index contributed by atoms with van der Waals surface area (Å²) >= 11 is 0. The summed E-state index contributed by atoms with van der Waals surface area (Å²) in [6.07, 6.45) is 1.58. The summed E-state index contributed by atoms with van der Waals surface area (Å²) in [5.74, 6) is 0.750. The molecule has 0 unspecified atom stereocenters. The monoisotopic (exact) mass is 324 g/mol. The van der Waals surface area contributed by atoms with E-state index in [0.29, 0.717) is 11.3 Å². The first-order valence-electron chi connectivity index (χ1n) is 7.32. The average Bonchev–Trinajstić information content (AvgIpc) is 3.06. The quantitative estimate of drug-likeness (QED) is 0.567. The molecule has 1 aromatic carbocycles. The lowest BCUT2D eigenvalue weighted by atomic mass is 10.1. The summed E-state index contributed by atoms with van der Waals surface area (Å²) in [4.78, 5) is 17.7. The van der Waals surface area contributed by atoms with Gasteiger partial charge in [-0.15, -0.1) is 0 Å². The largest absolute Gasteiger partial charge is 0.365 e. The first-order valence-corrected chi connectivity index (χ1v) is 7.32. The molecule has 122 valence electrons. The topological polar surface area (TPSA) is 112 Å². The third kappa shape index (κ3) is 2.67. The fourth-order valence-electron chi connectivity index (χ4n) is 2.45. The maximum Gasteiger partial charge on any atom is 0.269 e. The molecule has 2 N–H and O–H groups in total. The number of hydrogen-bond donors (Lipinski definition) is 2. The van der Waals surface area contributed by atoms with Gasteiger partial charge in [0.25, 0.3) is 5.69 Å². The van der Waals surface area contributed by atoms with Crippen molar-refractivity contribution in [1.29, 1.82) is 5.26 Å². The van der Waals surface area contributed by atoms with Crippen molar-refractivity contribution in [2.45, 2.75) is 26.3 Å². The molecule has 0 fully saturated rings. The third-order valence-electron chi connectivity index (χ3n) is 3.45. The van der Waals surface area contributed by atoms with Crippen molar-refractivity contribution in [3.63, 3.8) is 0 Å². The van der Waals surface area contributed by atoms with Gasteiger partial charge in [-0.1, -0.05) is 0 Å². The van der Waals surface area contributed by atoms with Crippen LogP contribution in [-0.4, -0.2) is 24.8 Å². The fraction of sp³-hybridized carbons (Fsp3) is 0.250. The van der Waals surface area contributed by atoms with Crippen molar-refractivity contribution in [1.82, 2.24) is 14.4 Å². The van der Waals surface area contributed by atoms with Crippen molar-refractivity contribution >= 4 is 17.2 Å². The van der Waals surface area contributed by atoms with Crippen LogP contribution in [0.4, 0.5) is 11.5 Å². The second-order valence-electron chi connectivity index (χ2n) is 6.45. The standard InChI is InChI=1S/C16H16N6O2/c1-16(2,3)20-15-13(10-4-6-11(7-5-10)22(23)24)19-14-12(8-17)18-9-21(14)15/h4-7,9,19-20H,1-3H3. The molecule has 8 heteroatoms. The molecule has 0 saturated carbocycles. The molecular weight excluding hydrogens is 308 g/mol. The molecule has 0 saturated heterocycles. The number of nitriles is 1. The van der Waals surface area contributed by atoms with Crippen molar-refractivity contribution in [2.75, 3.05) is 5.32 Å². The highest BCUT2D eigenvalue weighted by atomic mass is 16.6. The maximum atomic E-state index is 10.8. The smallest absolute Gasteiger partial charge is 0.269 e. The van der Waals surface area contributed by atoms with Gasteiger partial charge in [0.2, 0.25) is 0 Å². The van der Waals surface area contributed by atoms with Crippen LogP contribution < -0.4 is 5.32 Å². The molecule has 2 heterocycles. The van der Waals surface area contributed by atoms with Crippen LogP contribution in [0.5, 0.6) is 0 Å². The van der Waals surface area contributed by atoms with Gasteiger partial charge in [0.15, 0.2) is 11.3 Å². The summed E-state index contributed by atoms with van der Waals surface area (Å²) in [5, 5.41) is 23.4. The van der Waals surface area contributed by atoms with Crippen LogP contribution >= 0.6 is 0 Å². The number of H-pyrrole nitrogens is 1. The summed E-state index contributed by atoms with van der Waals surface area (Å²) in [6, 6.07) is 8.31. The van der Waals surface area contributed by atoms with Gasteiger partial charge >= 0.3 is 0 Å². The van der Waals surface area contributed by atoms with Crippen LogP contribution in [0.3, 0.4) is 0 Å². The zero-order valence-electron chi connectivity index (χ0n) is 13.5. The zero-order chi connectivity index (χ0) is 17.5. The Morgan fingerprint density at radius 3 is 2.54 bits per heavy atom. The number of fused-ring (bicyclic) bond motifs is 1. The highest BCUT2D eigenvalue weighted by molar-refractivity contribution is 5.78. The molecule has 0 amide bonds. The van der Waals surface area contributed by atoms with E-state index in [-0.39, 0.29) is 11.2 Å². The van der Waals surface area contributed by atoms with E-state index in [1.807, 2.05) is 26.8 Å². The van der Waals surface area contributed by atoms with Crippen molar-refractivity contribution < 1.29 is 4.92 Å². The van der Waals surface area contributed by atoms with Crippen molar-refractivity contribution in [3.05, 3.63) is 46.4 Å². The highest BCUT2D eigenvalue weighted by Crippen LogP contribution is 2.32. The predicted octanol–water partition coefficient (Wildman–Crippen LogP) is 3.32. The van der Waals surface area contributed by atoms with Gasteiger partial charge in [0, 0.05) is 23.2 Å². The molecule has 24 heavy (non-hydrogen) atoms. The van der Waals surface area contributed by atoms with Crippen LogP contribution in [0.15, 0.2) is 30.6 Å². The Bertz CT molecular complexity index is 954. The predicted molar refractivity (Wildman–Crippen MR) is 89.7 cm³/mol. The Morgan fingerprint density at radius 2 is 2.00 bits per heavy atom. The second-order valence-corrected chi connectivity index (χ2v) is 6.45. The van der Waals surface area contributed by atoms with E-state index in [1.54, 1.807) is 22.9 Å². The lowest BCUT2D eigenvalue weighted by Crippen LogP contribution is -2.27. The molecule has 3 rings (SSSR count). The minimum atomic E-state index is -0.435. The van der Waals surface area contributed by atoms with Gasteiger partial charge < -0.3 is 10.3 Å². The third-order valence-corrected chi connectivity index (χ3v) is 3.45. The van der Waals surface area contributed by atoms with E-state index in [0.717, 1.165) is 17.1 Å². The van der Waals surface area contributed by atoms with Gasteiger partial charge in [0.1, 0.15) is 18.2 Å². The number of aromatic amines is 1. The fourth-order valence-corrected chi connectivity index (χ4v) is 2.45. The molecule has 0 radical (unpaired) electrons. The number of aromatic nitrogens is 3. The lowest BCUT2D eigenvalue weighted by molar-refractivity contribution is -0.384. The summed E-state index contributed by atoms with van der Waals surface area (Å²) < 4.78 is 1.78. The highest BCUT2D eigenvalue weighted by Gasteiger charge is 2.21. The number of nitrogens with one attached hydrogen (secondary N) is 2. The summed E-state index contributed by atoms with van der Waals surface area (Å²) in [7, 11) is 0. The molecule has 0 spiro atoms. The SMILES string of the molecule is CC(C)(C)Nc1c(-c2ccc([N+](=O)[O-])cc2)[nH]c2c(C#N)ncn12. The number of rotatable bonds is 3. The van der Waals surface area contributed by atoms with E-state index in [2.05, 4.69) is 15.3 Å². The molecule has 0 atom stereocenters.